The lowest BCUT2D eigenvalue weighted by Gasteiger charge is -2.27. The van der Waals surface area contributed by atoms with Crippen LogP contribution in [0.3, 0.4) is 0 Å². The first-order chi connectivity index (χ1) is 12.0. The molecule has 0 aromatic rings. The molecule has 0 rings (SSSR count). The minimum Gasteiger partial charge on any atom is -0.444 e. The number of likely N-dealkylation sites (N-methyl/N-ethyl adjacent to an activating group) is 1. The molecule has 152 valence electrons. The minimum absolute atomic E-state index is 0.180. The number of hydrogen-bond acceptors (Lipinski definition) is 5. The molecule has 0 aromatic carbocycles. The van der Waals surface area contributed by atoms with E-state index in [1.54, 1.807) is 20.8 Å². The Kier molecular flexibility index (Phi) is 10.9. The molecule has 3 amide bonds. The maximum atomic E-state index is 12.6. The summed E-state index contributed by atoms with van der Waals surface area (Å²) < 4.78 is 5.22. The third-order valence-corrected chi connectivity index (χ3v) is 3.43. The number of alkyl carbamates (subject to hydrolysis) is 1. The number of nitrogens with two attached hydrogens (primary N) is 1. The summed E-state index contributed by atoms with van der Waals surface area (Å²) in [6.07, 6.45) is 2.58. The van der Waals surface area contributed by atoms with Crippen molar-refractivity contribution < 1.29 is 19.1 Å². The van der Waals surface area contributed by atoms with Crippen molar-refractivity contribution in [2.45, 2.75) is 78.4 Å². The monoisotopic (exact) mass is 372 g/mol. The lowest BCUT2D eigenvalue weighted by atomic mass is 10.0. The van der Waals surface area contributed by atoms with Gasteiger partial charge in [0.2, 0.25) is 5.91 Å². The summed E-state index contributed by atoms with van der Waals surface area (Å²) in [5.41, 5.74) is 7.32. The molecular formula is C18H36N4O4. The van der Waals surface area contributed by atoms with Crippen molar-refractivity contribution in [3.8, 4) is 0 Å². The van der Waals surface area contributed by atoms with Gasteiger partial charge in [0, 0.05) is 13.5 Å². The van der Waals surface area contributed by atoms with Gasteiger partial charge in [-0.1, -0.05) is 20.3 Å². The molecule has 0 aliphatic rings. The van der Waals surface area contributed by atoms with Crippen molar-refractivity contribution in [1.82, 2.24) is 15.8 Å². The van der Waals surface area contributed by atoms with Crippen molar-refractivity contribution in [3.63, 3.8) is 0 Å². The SMILES string of the molecule is CC(C)C[C@@H](NC(=O)OC(C)(C)C)C(=O)N(C)NC(=O)CCCCCN. The zero-order valence-electron chi connectivity index (χ0n) is 17.1. The Bertz CT molecular complexity index is 461. The third-order valence-electron chi connectivity index (χ3n) is 3.43. The van der Waals surface area contributed by atoms with Crippen molar-refractivity contribution in [2.24, 2.45) is 11.7 Å². The highest BCUT2D eigenvalue weighted by Crippen LogP contribution is 2.10. The van der Waals surface area contributed by atoms with Crippen LogP contribution >= 0.6 is 0 Å². The molecule has 0 spiro atoms. The van der Waals surface area contributed by atoms with Gasteiger partial charge in [-0.25, -0.2) is 4.79 Å². The van der Waals surface area contributed by atoms with Gasteiger partial charge in [0.25, 0.3) is 5.91 Å². The fourth-order valence-corrected chi connectivity index (χ4v) is 2.28. The Morgan fingerprint density at radius 1 is 1.12 bits per heavy atom. The number of amides is 3. The molecule has 0 aromatic heterocycles. The number of hydrogen-bond donors (Lipinski definition) is 3. The van der Waals surface area contributed by atoms with Crippen molar-refractivity contribution in [2.75, 3.05) is 13.6 Å². The summed E-state index contributed by atoms with van der Waals surface area (Å²) >= 11 is 0. The van der Waals surface area contributed by atoms with Gasteiger partial charge in [-0.3, -0.25) is 20.0 Å². The van der Waals surface area contributed by atoms with E-state index in [1.165, 1.54) is 7.05 Å². The molecule has 0 aliphatic carbocycles. The molecule has 0 fully saturated rings. The Balaban J connectivity index is 4.69. The average Bonchev–Trinajstić information content (AvgIpc) is 2.47. The van der Waals surface area contributed by atoms with E-state index in [4.69, 9.17) is 10.5 Å². The van der Waals surface area contributed by atoms with E-state index >= 15 is 0 Å². The quantitative estimate of drug-likeness (QED) is 0.423. The normalized spacial score (nSPS) is 12.5. The standard InChI is InChI=1S/C18H36N4O4/c1-13(2)12-14(20-17(25)26-18(3,4)5)16(24)22(6)21-15(23)10-8-7-9-11-19/h13-14H,7-12,19H2,1-6H3,(H,20,25)(H,21,23)/t14-/m1/s1. The van der Waals surface area contributed by atoms with Crippen LogP contribution in [0.15, 0.2) is 0 Å². The Hall–Kier alpha value is -1.83. The molecule has 1 atom stereocenters. The molecule has 8 heteroatoms. The first-order valence-corrected chi connectivity index (χ1v) is 9.23. The number of ether oxygens (including phenoxy) is 1. The molecule has 4 N–H and O–H groups in total. The van der Waals surface area contributed by atoms with Crippen LogP contribution in [0, 0.1) is 5.92 Å². The van der Waals surface area contributed by atoms with Gasteiger partial charge >= 0.3 is 6.09 Å². The van der Waals surface area contributed by atoms with Gasteiger partial charge in [0.05, 0.1) is 0 Å². The fourth-order valence-electron chi connectivity index (χ4n) is 2.28. The fraction of sp³-hybridized carbons (Fsp3) is 0.833. The third kappa shape index (κ3) is 11.7. The predicted octanol–water partition coefficient (Wildman–Crippen LogP) is 1.93. The molecule has 0 unspecified atom stereocenters. The molecule has 0 saturated carbocycles. The van der Waals surface area contributed by atoms with Crippen LogP contribution in [0.25, 0.3) is 0 Å². The number of rotatable bonds is 9. The number of unbranched alkanes of at least 4 members (excludes halogenated alkanes) is 2. The number of carbonyl (C=O) groups excluding carboxylic acids is 3. The number of carbonyl (C=O) groups is 3. The predicted molar refractivity (Wildman–Crippen MR) is 101 cm³/mol. The largest absolute Gasteiger partial charge is 0.444 e. The van der Waals surface area contributed by atoms with E-state index < -0.39 is 17.7 Å². The van der Waals surface area contributed by atoms with E-state index in [9.17, 15) is 14.4 Å². The maximum absolute atomic E-state index is 12.6. The van der Waals surface area contributed by atoms with Crippen LogP contribution in [-0.4, -0.2) is 48.2 Å². The Morgan fingerprint density at radius 3 is 2.23 bits per heavy atom. The molecule has 8 nitrogen and oxygen atoms in total. The average molecular weight is 373 g/mol. The highest BCUT2D eigenvalue weighted by Gasteiger charge is 2.28. The molecule has 0 heterocycles. The number of nitrogens with one attached hydrogen (secondary N) is 2. The molecule has 0 aliphatic heterocycles. The Labute approximate surface area is 157 Å². The van der Waals surface area contributed by atoms with Gasteiger partial charge in [0.1, 0.15) is 11.6 Å². The van der Waals surface area contributed by atoms with Crippen LogP contribution in [0.4, 0.5) is 4.79 Å². The molecule has 26 heavy (non-hydrogen) atoms. The maximum Gasteiger partial charge on any atom is 0.408 e. The second-order valence-corrected chi connectivity index (χ2v) is 7.86. The highest BCUT2D eigenvalue weighted by atomic mass is 16.6. The summed E-state index contributed by atoms with van der Waals surface area (Å²) in [7, 11) is 1.48. The van der Waals surface area contributed by atoms with E-state index in [-0.39, 0.29) is 17.7 Å². The second-order valence-electron chi connectivity index (χ2n) is 7.86. The topological polar surface area (TPSA) is 114 Å². The number of nitrogens with zero attached hydrogens (tertiary/aromatic N) is 1. The zero-order valence-corrected chi connectivity index (χ0v) is 17.1. The van der Waals surface area contributed by atoms with Gasteiger partial charge in [-0.05, 0) is 52.5 Å². The smallest absolute Gasteiger partial charge is 0.408 e. The van der Waals surface area contributed by atoms with Crippen molar-refractivity contribution >= 4 is 17.9 Å². The summed E-state index contributed by atoms with van der Waals surface area (Å²) in [4.78, 5) is 36.5. The summed E-state index contributed by atoms with van der Waals surface area (Å²) in [6.45, 7) is 9.77. The van der Waals surface area contributed by atoms with E-state index in [0.717, 1.165) is 24.3 Å². The van der Waals surface area contributed by atoms with Gasteiger partial charge in [-0.15, -0.1) is 0 Å². The molecule has 0 radical (unpaired) electrons. The summed E-state index contributed by atoms with van der Waals surface area (Å²) in [5.74, 6) is -0.447. The van der Waals surface area contributed by atoms with Crippen LogP contribution in [0.5, 0.6) is 0 Å². The minimum atomic E-state index is -0.771. The molecule has 0 bridgehead atoms. The van der Waals surface area contributed by atoms with Crippen LogP contribution in [0.1, 0.15) is 66.7 Å². The van der Waals surface area contributed by atoms with Gasteiger partial charge in [0.15, 0.2) is 0 Å². The van der Waals surface area contributed by atoms with Crippen LogP contribution < -0.4 is 16.5 Å². The summed E-state index contributed by atoms with van der Waals surface area (Å²) in [6, 6.07) is -0.771. The van der Waals surface area contributed by atoms with Crippen molar-refractivity contribution in [3.05, 3.63) is 0 Å². The van der Waals surface area contributed by atoms with E-state index in [0.29, 0.717) is 19.4 Å². The first-order valence-electron chi connectivity index (χ1n) is 9.23. The highest BCUT2D eigenvalue weighted by molar-refractivity contribution is 5.87. The van der Waals surface area contributed by atoms with Crippen LogP contribution in [0.2, 0.25) is 0 Å². The first kappa shape index (κ1) is 24.2. The molecule has 0 saturated heterocycles. The van der Waals surface area contributed by atoms with Gasteiger partial charge < -0.3 is 15.8 Å². The number of hydrazine groups is 1. The van der Waals surface area contributed by atoms with E-state index in [2.05, 4.69) is 10.7 Å². The lowest BCUT2D eigenvalue weighted by Crippen LogP contribution is -2.54. The molecular weight excluding hydrogens is 336 g/mol. The van der Waals surface area contributed by atoms with Crippen LogP contribution in [-0.2, 0) is 14.3 Å². The van der Waals surface area contributed by atoms with E-state index in [1.807, 2.05) is 13.8 Å². The lowest BCUT2D eigenvalue weighted by molar-refractivity contribution is -0.141. The zero-order chi connectivity index (χ0) is 20.3. The Morgan fingerprint density at radius 2 is 1.73 bits per heavy atom. The summed E-state index contributed by atoms with van der Waals surface area (Å²) in [5, 5.41) is 3.74. The van der Waals surface area contributed by atoms with Gasteiger partial charge in [-0.2, -0.15) is 0 Å². The van der Waals surface area contributed by atoms with Crippen molar-refractivity contribution in [1.29, 1.82) is 0 Å². The second kappa shape index (κ2) is 11.7.